The number of aromatic nitrogens is 3. The molecule has 5 rings (SSSR count). The number of imidazole rings is 1. The molecule has 2 aromatic heterocycles. The molecule has 0 saturated carbocycles. The smallest absolute Gasteiger partial charge is 0.254 e. The van der Waals surface area contributed by atoms with Gasteiger partial charge in [0, 0.05) is 43.2 Å². The van der Waals surface area contributed by atoms with Crippen molar-refractivity contribution in [2.45, 2.75) is 38.3 Å². The van der Waals surface area contributed by atoms with Crippen LogP contribution in [-0.2, 0) is 11.3 Å². The van der Waals surface area contributed by atoms with Gasteiger partial charge in [-0.25, -0.2) is 9.97 Å². The fourth-order valence-corrected chi connectivity index (χ4v) is 5.35. The van der Waals surface area contributed by atoms with E-state index < -0.39 is 0 Å². The largest absolute Gasteiger partial charge is 0.337 e. The molecule has 1 N–H and O–H groups in total. The molecule has 33 heavy (non-hydrogen) atoms. The number of aryl methyl sites for hydroxylation is 1. The third-order valence-electron chi connectivity index (χ3n) is 5.91. The Balaban J connectivity index is 1.30. The van der Waals surface area contributed by atoms with Crippen molar-refractivity contribution in [3.8, 4) is 0 Å². The zero-order valence-electron chi connectivity index (χ0n) is 18.2. The Morgan fingerprint density at radius 2 is 2.03 bits per heavy atom. The second-order valence-corrected chi connectivity index (χ2v) is 9.27. The summed E-state index contributed by atoms with van der Waals surface area (Å²) in [5.74, 6) is -0.118. The Morgan fingerprint density at radius 3 is 2.88 bits per heavy atom. The van der Waals surface area contributed by atoms with Gasteiger partial charge >= 0.3 is 0 Å². The summed E-state index contributed by atoms with van der Waals surface area (Å²) in [5, 5.41) is 3.90. The Morgan fingerprint density at radius 1 is 1.12 bits per heavy atom. The highest BCUT2D eigenvalue weighted by atomic mass is 32.1. The van der Waals surface area contributed by atoms with Crippen LogP contribution in [0.1, 0.15) is 47.1 Å². The molecule has 0 bridgehead atoms. The number of carbonyl (C=O) groups excluding carboxylic acids is 2. The normalized spacial score (nSPS) is 16.1. The third kappa shape index (κ3) is 4.80. The minimum absolute atomic E-state index is 0.0166. The van der Waals surface area contributed by atoms with E-state index in [1.54, 1.807) is 29.9 Å². The van der Waals surface area contributed by atoms with Gasteiger partial charge in [-0.05, 0) is 49.6 Å². The third-order valence-corrected chi connectivity index (χ3v) is 7.05. The molecule has 1 unspecified atom stereocenters. The van der Waals surface area contributed by atoms with E-state index in [0.29, 0.717) is 30.8 Å². The van der Waals surface area contributed by atoms with E-state index >= 15 is 0 Å². The van der Waals surface area contributed by atoms with Gasteiger partial charge in [0.2, 0.25) is 5.91 Å². The number of thiazole rings is 1. The predicted molar refractivity (Wildman–Crippen MR) is 129 cm³/mol. The number of nitrogens with zero attached hydrogens (tertiary/aromatic N) is 4. The van der Waals surface area contributed by atoms with E-state index in [1.807, 2.05) is 52.1 Å². The number of rotatable bonds is 6. The number of nitrogens with one attached hydrogen (secondary N) is 1. The minimum atomic E-state index is -0.0985. The van der Waals surface area contributed by atoms with E-state index in [9.17, 15) is 9.59 Å². The lowest BCUT2D eigenvalue weighted by molar-refractivity contribution is -0.116. The zero-order chi connectivity index (χ0) is 22.6. The number of amides is 2. The van der Waals surface area contributed by atoms with E-state index in [2.05, 4.69) is 16.4 Å². The molecule has 8 heteroatoms. The van der Waals surface area contributed by atoms with Crippen molar-refractivity contribution in [2.75, 3.05) is 11.9 Å². The first-order valence-corrected chi connectivity index (χ1v) is 12.0. The summed E-state index contributed by atoms with van der Waals surface area (Å²) in [6.45, 7) is 1.27. The average molecular weight is 460 g/mol. The molecule has 1 atom stereocenters. The second-order valence-electron chi connectivity index (χ2n) is 8.21. The molecule has 1 aliphatic heterocycles. The summed E-state index contributed by atoms with van der Waals surface area (Å²) in [6, 6.07) is 15.3. The number of carbonyl (C=O) groups is 2. The molecule has 168 valence electrons. The van der Waals surface area contributed by atoms with Crippen molar-refractivity contribution in [1.82, 2.24) is 19.4 Å². The molecule has 1 saturated heterocycles. The van der Waals surface area contributed by atoms with Crippen LogP contribution in [0.2, 0.25) is 0 Å². The first-order chi connectivity index (χ1) is 16.2. The molecule has 1 fully saturated rings. The number of para-hydroxylation sites is 1. The van der Waals surface area contributed by atoms with Crippen LogP contribution in [0.15, 0.2) is 67.3 Å². The van der Waals surface area contributed by atoms with Crippen LogP contribution >= 0.6 is 11.3 Å². The van der Waals surface area contributed by atoms with Gasteiger partial charge < -0.3 is 14.8 Å². The maximum atomic E-state index is 13.5. The molecule has 4 aromatic rings. The second kappa shape index (κ2) is 9.54. The number of anilines is 1. The van der Waals surface area contributed by atoms with Gasteiger partial charge in [-0.15, -0.1) is 11.3 Å². The minimum Gasteiger partial charge on any atom is -0.337 e. The average Bonchev–Trinajstić information content (AvgIpc) is 3.52. The molecular formula is C25H25N5O2S. The van der Waals surface area contributed by atoms with Crippen LogP contribution in [-0.4, -0.2) is 37.8 Å². The van der Waals surface area contributed by atoms with Crippen LogP contribution in [0.25, 0.3) is 10.2 Å². The van der Waals surface area contributed by atoms with Gasteiger partial charge in [-0.1, -0.05) is 18.2 Å². The summed E-state index contributed by atoms with van der Waals surface area (Å²) in [4.78, 5) is 36.6. The summed E-state index contributed by atoms with van der Waals surface area (Å²) in [6.07, 6.45) is 8.51. The fourth-order valence-electron chi connectivity index (χ4n) is 4.23. The summed E-state index contributed by atoms with van der Waals surface area (Å²) in [5.41, 5.74) is 2.19. The Hall–Kier alpha value is -3.52. The van der Waals surface area contributed by atoms with E-state index in [4.69, 9.17) is 4.98 Å². The van der Waals surface area contributed by atoms with E-state index in [1.165, 1.54) is 0 Å². The molecule has 0 radical (unpaired) electrons. The van der Waals surface area contributed by atoms with Gasteiger partial charge in [0.15, 0.2) is 0 Å². The Bertz CT molecular complexity index is 1230. The number of hydrogen-bond acceptors (Lipinski definition) is 5. The van der Waals surface area contributed by atoms with Crippen molar-refractivity contribution < 1.29 is 9.59 Å². The zero-order valence-corrected chi connectivity index (χ0v) is 19.0. The maximum absolute atomic E-state index is 13.5. The van der Waals surface area contributed by atoms with E-state index in [0.717, 1.165) is 34.5 Å². The van der Waals surface area contributed by atoms with E-state index in [-0.39, 0.29) is 17.9 Å². The van der Waals surface area contributed by atoms with Gasteiger partial charge in [-0.2, -0.15) is 0 Å². The lowest BCUT2D eigenvalue weighted by Crippen LogP contribution is -2.38. The van der Waals surface area contributed by atoms with Gasteiger partial charge in [0.25, 0.3) is 5.91 Å². The topological polar surface area (TPSA) is 80.1 Å². The van der Waals surface area contributed by atoms with Crippen LogP contribution < -0.4 is 5.32 Å². The van der Waals surface area contributed by atoms with Crippen LogP contribution in [0.3, 0.4) is 0 Å². The van der Waals surface area contributed by atoms with Crippen molar-refractivity contribution >= 4 is 39.1 Å². The first-order valence-electron chi connectivity index (χ1n) is 11.2. The van der Waals surface area contributed by atoms with Crippen molar-refractivity contribution in [3.63, 3.8) is 0 Å². The quantitative estimate of drug-likeness (QED) is 0.445. The standard InChI is InChI=1S/C25H25N5O2S/c31-23(11-14-29-15-12-26-17-29)27-19-7-5-6-18(16-19)25(32)30-13-4-3-9-21(30)24-28-20-8-1-2-10-22(20)33-24/h1-2,5-8,10,12,15-17,21H,3-4,9,11,13-14H2,(H,27,31). The highest BCUT2D eigenvalue weighted by Gasteiger charge is 2.31. The van der Waals surface area contributed by atoms with Crippen molar-refractivity contribution in [1.29, 1.82) is 0 Å². The lowest BCUT2D eigenvalue weighted by atomic mass is 10.0. The first kappa shape index (κ1) is 21.3. The highest BCUT2D eigenvalue weighted by Crippen LogP contribution is 2.36. The summed E-state index contributed by atoms with van der Waals surface area (Å²) < 4.78 is 3.00. The van der Waals surface area contributed by atoms with Gasteiger partial charge in [0.1, 0.15) is 5.01 Å². The molecule has 2 aromatic carbocycles. The number of hydrogen-bond donors (Lipinski definition) is 1. The molecule has 0 spiro atoms. The molecule has 7 nitrogen and oxygen atoms in total. The lowest BCUT2D eigenvalue weighted by Gasteiger charge is -2.34. The maximum Gasteiger partial charge on any atom is 0.254 e. The molecule has 3 heterocycles. The fraction of sp³-hybridized carbons (Fsp3) is 0.280. The molecule has 0 aliphatic carbocycles. The SMILES string of the molecule is O=C(CCn1ccnc1)Nc1cccc(C(=O)N2CCCCC2c2nc3ccccc3s2)c1. The van der Waals surface area contributed by atoms with Crippen LogP contribution in [0.5, 0.6) is 0 Å². The predicted octanol–water partition coefficient (Wildman–Crippen LogP) is 4.89. The van der Waals surface area contributed by atoms with Gasteiger partial charge in [-0.3, -0.25) is 9.59 Å². The number of fused-ring (bicyclic) bond motifs is 1. The Labute approximate surface area is 196 Å². The van der Waals surface area contributed by atoms with Gasteiger partial charge in [0.05, 0.1) is 22.6 Å². The van der Waals surface area contributed by atoms with Crippen molar-refractivity contribution in [2.24, 2.45) is 0 Å². The molecule has 1 aliphatic rings. The summed E-state index contributed by atoms with van der Waals surface area (Å²) >= 11 is 1.67. The highest BCUT2D eigenvalue weighted by molar-refractivity contribution is 7.18. The Kier molecular flexibility index (Phi) is 6.17. The number of piperidine rings is 1. The molecule has 2 amide bonds. The monoisotopic (exact) mass is 459 g/mol. The van der Waals surface area contributed by atoms with Crippen LogP contribution in [0.4, 0.5) is 5.69 Å². The van der Waals surface area contributed by atoms with Crippen LogP contribution in [0, 0.1) is 0 Å². The molecular weight excluding hydrogens is 434 g/mol. The summed E-state index contributed by atoms with van der Waals surface area (Å²) in [7, 11) is 0. The van der Waals surface area contributed by atoms with Crippen molar-refractivity contribution in [3.05, 3.63) is 77.8 Å². The number of likely N-dealkylation sites (tertiary alicyclic amines) is 1. The number of benzene rings is 2.